The summed E-state index contributed by atoms with van der Waals surface area (Å²) in [5, 5.41) is 13.0. The largest absolute Gasteiger partial charge is 0.586 e. The molecular formula is C11H10F2N2O5. The number of carboxylic acids is 1. The minimum absolute atomic E-state index is 0.0518. The van der Waals surface area contributed by atoms with Crippen LogP contribution in [0, 0.1) is 0 Å². The van der Waals surface area contributed by atoms with Gasteiger partial charge in [-0.05, 0) is 12.1 Å². The van der Waals surface area contributed by atoms with Gasteiger partial charge in [-0.15, -0.1) is 8.78 Å². The number of hydrogen-bond donors (Lipinski definition) is 3. The number of rotatable bonds is 4. The van der Waals surface area contributed by atoms with Crippen molar-refractivity contribution in [1.29, 1.82) is 0 Å². The van der Waals surface area contributed by atoms with Crippen LogP contribution >= 0.6 is 0 Å². The molecule has 1 aliphatic rings. The minimum Gasteiger partial charge on any atom is -0.481 e. The van der Waals surface area contributed by atoms with Crippen molar-refractivity contribution in [2.45, 2.75) is 12.7 Å². The van der Waals surface area contributed by atoms with E-state index >= 15 is 0 Å². The molecule has 108 valence electrons. The fourth-order valence-corrected chi connectivity index (χ4v) is 1.49. The molecule has 0 radical (unpaired) electrons. The highest BCUT2D eigenvalue weighted by molar-refractivity contribution is 5.89. The molecule has 0 fully saturated rings. The molecule has 1 aliphatic heterocycles. The number of hydrogen-bond acceptors (Lipinski definition) is 4. The highest BCUT2D eigenvalue weighted by Gasteiger charge is 2.43. The normalized spacial score (nSPS) is 14.7. The van der Waals surface area contributed by atoms with E-state index in [1.165, 1.54) is 18.2 Å². The van der Waals surface area contributed by atoms with Crippen molar-refractivity contribution in [3.63, 3.8) is 0 Å². The first-order valence-electron chi connectivity index (χ1n) is 5.52. The molecule has 0 atom stereocenters. The van der Waals surface area contributed by atoms with Crippen LogP contribution in [0.2, 0.25) is 0 Å². The summed E-state index contributed by atoms with van der Waals surface area (Å²) in [6.45, 7) is -0.0518. The molecular weight excluding hydrogens is 278 g/mol. The van der Waals surface area contributed by atoms with Crippen molar-refractivity contribution in [2.24, 2.45) is 0 Å². The van der Waals surface area contributed by atoms with E-state index in [9.17, 15) is 18.4 Å². The van der Waals surface area contributed by atoms with Crippen LogP contribution in [0.25, 0.3) is 0 Å². The van der Waals surface area contributed by atoms with E-state index in [1.807, 2.05) is 0 Å². The van der Waals surface area contributed by atoms with Gasteiger partial charge in [0.05, 0.1) is 6.42 Å². The lowest BCUT2D eigenvalue weighted by molar-refractivity contribution is -0.286. The van der Waals surface area contributed by atoms with Gasteiger partial charge < -0.3 is 25.2 Å². The monoisotopic (exact) mass is 288 g/mol. The van der Waals surface area contributed by atoms with Crippen molar-refractivity contribution in [3.8, 4) is 11.5 Å². The molecule has 7 nitrogen and oxygen atoms in total. The van der Waals surface area contributed by atoms with Crippen LogP contribution in [0.4, 0.5) is 19.3 Å². The number of anilines is 1. The fourth-order valence-electron chi connectivity index (χ4n) is 1.49. The van der Waals surface area contributed by atoms with Crippen LogP contribution < -0.4 is 20.1 Å². The summed E-state index contributed by atoms with van der Waals surface area (Å²) in [6, 6.07) is 3.09. The van der Waals surface area contributed by atoms with E-state index in [-0.39, 0.29) is 30.2 Å². The zero-order valence-corrected chi connectivity index (χ0v) is 9.98. The molecule has 0 aliphatic carbocycles. The number of ether oxygens (including phenoxy) is 2. The van der Waals surface area contributed by atoms with Crippen LogP contribution in [0.3, 0.4) is 0 Å². The molecule has 0 unspecified atom stereocenters. The summed E-state index contributed by atoms with van der Waals surface area (Å²) in [4.78, 5) is 21.6. The van der Waals surface area contributed by atoms with Gasteiger partial charge in [0.1, 0.15) is 0 Å². The number of nitrogens with one attached hydrogen (secondary N) is 2. The fraction of sp³-hybridized carbons (Fsp3) is 0.273. The van der Waals surface area contributed by atoms with Gasteiger partial charge in [0, 0.05) is 18.3 Å². The maximum Gasteiger partial charge on any atom is 0.586 e. The Morgan fingerprint density at radius 1 is 1.25 bits per heavy atom. The number of fused-ring (bicyclic) bond motifs is 1. The smallest absolute Gasteiger partial charge is 0.481 e. The number of alkyl halides is 2. The van der Waals surface area contributed by atoms with E-state index in [0.29, 0.717) is 0 Å². The minimum atomic E-state index is -3.72. The molecule has 1 heterocycles. The summed E-state index contributed by atoms with van der Waals surface area (Å²) in [5.74, 6) is -1.37. The average molecular weight is 288 g/mol. The molecule has 0 bridgehead atoms. The Morgan fingerprint density at radius 3 is 2.65 bits per heavy atom. The zero-order chi connectivity index (χ0) is 14.8. The molecule has 0 saturated carbocycles. The first-order valence-corrected chi connectivity index (χ1v) is 5.52. The topological polar surface area (TPSA) is 96.9 Å². The molecule has 1 aromatic carbocycles. The Morgan fingerprint density at radius 2 is 1.95 bits per heavy atom. The van der Waals surface area contributed by atoms with Gasteiger partial charge in [-0.3, -0.25) is 4.79 Å². The second-order valence-corrected chi connectivity index (χ2v) is 3.85. The number of halogens is 2. The maximum absolute atomic E-state index is 12.8. The van der Waals surface area contributed by atoms with Gasteiger partial charge in [-0.2, -0.15) is 0 Å². The standard InChI is InChI=1S/C11H10F2N2O5/c12-11(13)19-7-2-1-6(5-8(7)20-11)15-10(18)14-4-3-9(16)17/h1-2,5H,3-4H2,(H,16,17)(H2,14,15,18). The van der Waals surface area contributed by atoms with Gasteiger partial charge in [0.25, 0.3) is 0 Å². The van der Waals surface area contributed by atoms with E-state index in [1.54, 1.807) is 0 Å². The van der Waals surface area contributed by atoms with Gasteiger partial charge in [0.2, 0.25) is 0 Å². The van der Waals surface area contributed by atoms with E-state index < -0.39 is 18.3 Å². The van der Waals surface area contributed by atoms with Crippen LogP contribution in [-0.4, -0.2) is 29.9 Å². The van der Waals surface area contributed by atoms with Crippen LogP contribution in [-0.2, 0) is 4.79 Å². The van der Waals surface area contributed by atoms with E-state index in [0.717, 1.165) is 0 Å². The Bertz CT molecular complexity index is 550. The molecule has 9 heteroatoms. The Kier molecular flexibility index (Phi) is 3.59. The van der Waals surface area contributed by atoms with E-state index in [4.69, 9.17) is 5.11 Å². The molecule has 3 N–H and O–H groups in total. The summed E-state index contributed by atoms with van der Waals surface area (Å²) >= 11 is 0. The molecule has 0 saturated heterocycles. The second-order valence-electron chi connectivity index (χ2n) is 3.85. The van der Waals surface area contributed by atoms with Crippen molar-refractivity contribution >= 4 is 17.7 Å². The number of urea groups is 1. The lowest BCUT2D eigenvalue weighted by Crippen LogP contribution is -2.30. The van der Waals surface area contributed by atoms with Crippen LogP contribution in [0.1, 0.15) is 6.42 Å². The van der Waals surface area contributed by atoms with Crippen LogP contribution in [0.15, 0.2) is 18.2 Å². The Labute approximate surface area is 111 Å². The summed E-state index contributed by atoms with van der Waals surface area (Å²) < 4.78 is 34.0. The highest BCUT2D eigenvalue weighted by Crippen LogP contribution is 2.42. The van der Waals surface area contributed by atoms with Crippen molar-refractivity contribution in [1.82, 2.24) is 5.32 Å². The summed E-state index contributed by atoms with van der Waals surface area (Å²) in [5.41, 5.74) is 0.206. The number of carboxylic acid groups (broad SMARTS) is 1. The lowest BCUT2D eigenvalue weighted by Gasteiger charge is -2.07. The lowest BCUT2D eigenvalue weighted by atomic mass is 10.3. The summed E-state index contributed by atoms with van der Waals surface area (Å²) in [7, 11) is 0. The van der Waals surface area contributed by atoms with Crippen molar-refractivity contribution in [3.05, 3.63) is 18.2 Å². The maximum atomic E-state index is 12.8. The average Bonchev–Trinajstić information content (AvgIpc) is 2.61. The summed E-state index contributed by atoms with van der Waals surface area (Å²) in [6.07, 6.45) is -3.94. The highest BCUT2D eigenvalue weighted by atomic mass is 19.3. The third-order valence-electron chi connectivity index (χ3n) is 2.28. The molecule has 20 heavy (non-hydrogen) atoms. The first kappa shape index (κ1) is 13.8. The van der Waals surface area contributed by atoms with Gasteiger partial charge >= 0.3 is 18.3 Å². The van der Waals surface area contributed by atoms with E-state index in [2.05, 4.69) is 20.1 Å². The molecule has 0 spiro atoms. The number of carbonyl (C=O) groups is 2. The predicted octanol–water partition coefficient (Wildman–Crippen LogP) is 1.60. The predicted molar refractivity (Wildman–Crippen MR) is 61.9 cm³/mol. The molecule has 2 rings (SSSR count). The first-order chi connectivity index (χ1) is 9.35. The molecule has 0 aromatic heterocycles. The third kappa shape index (κ3) is 3.46. The second kappa shape index (κ2) is 5.19. The molecule has 1 aromatic rings. The number of carbonyl (C=O) groups excluding carboxylic acids is 1. The number of benzene rings is 1. The Balaban J connectivity index is 1.92. The van der Waals surface area contributed by atoms with Crippen LogP contribution in [0.5, 0.6) is 11.5 Å². The van der Waals surface area contributed by atoms with Gasteiger partial charge in [-0.25, -0.2) is 4.79 Å². The zero-order valence-electron chi connectivity index (χ0n) is 9.98. The van der Waals surface area contributed by atoms with Crippen molar-refractivity contribution < 1.29 is 33.0 Å². The SMILES string of the molecule is O=C(O)CCNC(=O)Nc1ccc2c(c1)OC(F)(F)O2. The quantitative estimate of drug-likeness (QED) is 0.782. The van der Waals surface area contributed by atoms with Crippen molar-refractivity contribution in [2.75, 3.05) is 11.9 Å². The van der Waals surface area contributed by atoms with Gasteiger partial charge in [0.15, 0.2) is 11.5 Å². The third-order valence-corrected chi connectivity index (χ3v) is 2.28. The molecule has 2 amide bonds. The number of amides is 2. The van der Waals surface area contributed by atoms with Gasteiger partial charge in [-0.1, -0.05) is 0 Å². The Hall–Kier alpha value is -2.58. The number of aliphatic carboxylic acids is 1.